The molecule has 104 valence electrons. The topological polar surface area (TPSA) is 58.6 Å². The summed E-state index contributed by atoms with van der Waals surface area (Å²) < 4.78 is 5.45. The van der Waals surface area contributed by atoms with Crippen molar-refractivity contribution in [2.75, 3.05) is 6.61 Å². The molecule has 2 rings (SSSR count). The molecule has 19 heavy (non-hydrogen) atoms. The van der Waals surface area contributed by atoms with Gasteiger partial charge in [-0.15, -0.1) is 0 Å². The van der Waals surface area contributed by atoms with Crippen LogP contribution in [0.15, 0.2) is 24.3 Å². The quantitative estimate of drug-likeness (QED) is 0.856. The summed E-state index contributed by atoms with van der Waals surface area (Å²) in [5.41, 5.74) is 0.786. The summed E-state index contributed by atoms with van der Waals surface area (Å²) in [4.78, 5) is 11.7. The molecule has 1 atom stereocenters. The maximum absolute atomic E-state index is 11.7. The molecule has 0 heterocycles. The van der Waals surface area contributed by atoms with Gasteiger partial charge in [-0.25, -0.2) is 0 Å². The van der Waals surface area contributed by atoms with Gasteiger partial charge in [-0.2, -0.15) is 0 Å². The number of carbonyl (C=O) groups excluding carboxylic acids is 1. The number of nitrogens with one attached hydrogen (secondary N) is 1. The van der Waals surface area contributed by atoms with Crippen molar-refractivity contribution in [3.05, 3.63) is 29.8 Å². The predicted molar refractivity (Wildman–Crippen MR) is 73.0 cm³/mol. The molecule has 1 amide bonds. The van der Waals surface area contributed by atoms with E-state index in [1.807, 2.05) is 12.1 Å². The van der Waals surface area contributed by atoms with Crippen molar-refractivity contribution in [1.82, 2.24) is 5.32 Å². The number of hydrogen-bond donors (Lipinski definition) is 2. The molecule has 0 aromatic heterocycles. The molecule has 1 saturated carbocycles. The van der Waals surface area contributed by atoms with Crippen molar-refractivity contribution in [2.24, 2.45) is 0 Å². The first kappa shape index (κ1) is 13.9. The standard InChI is InChI=1S/C15H21NO3/c1-11(17)12-5-4-8-14(9-12)19-10-15(18)16-13-6-2-3-7-13/h4-5,8-9,11,13,17H,2-3,6-7,10H2,1H3,(H,16,18). The molecule has 0 saturated heterocycles. The second kappa shape index (κ2) is 6.57. The summed E-state index contributed by atoms with van der Waals surface area (Å²) >= 11 is 0. The summed E-state index contributed by atoms with van der Waals surface area (Å²) in [6.07, 6.45) is 4.01. The lowest BCUT2D eigenvalue weighted by Crippen LogP contribution is -2.36. The molecule has 4 nitrogen and oxygen atoms in total. The van der Waals surface area contributed by atoms with E-state index in [4.69, 9.17) is 4.74 Å². The average molecular weight is 263 g/mol. The van der Waals surface area contributed by atoms with Crippen LogP contribution >= 0.6 is 0 Å². The maximum Gasteiger partial charge on any atom is 0.258 e. The Labute approximate surface area is 113 Å². The van der Waals surface area contributed by atoms with Crippen molar-refractivity contribution < 1.29 is 14.6 Å². The van der Waals surface area contributed by atoms with E-state index in [1.54, 1.807) is 19.1 Å². The van der Waals surface area contributed by atoms with Crippen molar-refractivity contribution in [3.63, 3.8) is 0 Å². The number of ether oxygens (including phenoxy) is 1. The fraction of sp³-hybridized carbons (Fsp3) is 0.533. The summed E-state index contributed by atoms with van der Waals surface area (Å²) in [6.45, 7) is 1.73. The van der Waals surface area contributed by atoms with Gasteiger partial charge in [-0.3, -0.25) is 4.79 Å². The van der Waals surface area contributed by atoms with Gasteiger partial charge in [0.15, 0.2) is 6.61 Å². The van der Waals surface area contributed by atoms with E-state index >= 15 is 0 Å². The van der Waals surface area contributed by atoms with Gasteiger partial charge in [0.1, 0.15) is 5.75 Å². The zero-order valence-corrected chi connectivity index (χ0v) is 11.3. The number of carbonyl (C=O) groups is 1. The fourth-order valence-corrected chi connectivity index (χ4v) is 2.35. The number of benzene rings is 1. The lowest BCUT2D eigenvalue weighted by Gasteiger charge is -2.13. The molecule has 1 aliphatic carbocycles. The van der Waals surface area contributed by atoms with E-state index in [9.17, 15) is 9.90 Å². The Morgan fingerprint density at radius 1 is 1.47 bits per heavy atom. The van der Waals surface area contributed by atoms with Crippen LogP contribution in [0, 0.1) is 0 Å². The molecule has 0 aliphatic heterocycles. The molecule has 4 heteroatoms. The third kappa shape index (κ3) is 4.24. The highest BCUT2D eigenvalue weighted by molar-refractivity contribution is 5.77. The Morgan fingerprint density at radius 3 is 2.89 bits per heavy atom. The van der Waals surface area contributed by atoms with Crippen molar-refractivity contribution in [3.8, 4) is 5.75 Å². The van der Waals surface area contributed by atoms with Gasteiger partial charge in [0.05, 0.1) is 6.10 Å². The molecule has 1 aromatic rings. The van der Waals surface area contributed by atoms with E-state index < -0.39 is 6.10 Å². The fourth-order valence-electron chi connectivity index (χ4n) is 2.35. The zero-order chi connectivity index (χ0) is 13.7. The van der Waals surface area contributed by atoms with Gasteiger partial charge in [-0.05, 0) is 37.5 Å². The van der Waals surface area contributed by atoms with Crippen molar-refractivity contribution in [2.45, 2.75) is 44.8 Å². The number of aliphatic hydroxyl groups excluding tert-OH is 1. The highest BCUT2D eigenvalue weighted by Crippen LogP contribution is 2.19. The summed E-state index contributed by atoms with van der Waals surface area (Å²) in [5.74, 6) is 0.536. The Kier molecular flexibility index (Phi) is 4.80. The zero-order valence-electron chi connectivity index (χ0n) is 11.3. The highest BCUT2D eigenvalue weighted by Gasteiger charge is 2.17. The normalized spacial score (nSPS) is 17.2. The molecule has 1 aliphatic rings. The Morgan fingerprint density at radius 2 is 2.21 bits per heavy atom. The predicted octanol–water partition coefficient (Wildman–Crippen LogP) is 2.18. The largest absolute Gasteiger partial charge is 0.484 e. The molecule has 2 N–H and O–H groups in total. The number of amides is 1. The summed E-state index contributed by atoms with van der Waals surface area (Å²) in [5, 5.41) is 12.5. The van der Waals surface area contributed by atoms with Gasteiger partial charge >= 0.3 is 0 Å². The minimum Gasteiger partial charge on any atom is -0.484 e. The Bertz CT molecular complexity index is 425. The molecular formula is C15H21NO3. The van der Waals surface area contributed by atoms with Gasteiger partial charge in [0, 0.05) is 6.04 Å². The van der Waals surface area contributed by atoms with E-state index in [0.717, 1.165) is 18.4 Å². The van der Waals surface area contributed by atoms with Crippen LogP contribution in [0.3, 0.4) is 0 Å². The molecule has 1 fully saturated rings. The average Bonchev–Trinajstić information content (AvgIpc) is 2.89. The first-order valence-corrected chi connectivity index (χ1v) is 6.85. The van der Waals surface area contributed by atoms with Gasteiger partial charge in [-0.1, -0.05) is 25.0 Å². The monoisotopic (exact) mass is 263 g/mol. The van der Waals surface area contributed by atoms with E-state index in [-0.39, 0.29) is 12.5 Å². The van der Waals surface area contributed by atoms with Crippen LogP contribution in [0.1, 0.15) is 44.3 Å². The van der Waals surface area contributed by atoms with Crippen LogP contribution in [0.4, 0.5) is 0 Å². The molecule has 0 bridgehead atoms. The van der Waals surface area contributed by atoms with Crippen molar-refractivity contribution >= 4 is 5.91 Å². The first-order valence-electron chi connectivity index (χ1n) is 6.85. The molecular weight excluding hydrogens is 242 g/mol. The number of hydrogen-bond acceptors (Lipinski definition) is 3. The Balaban J connectivity index is 1.80. The lowest BCUT2D eigenvalue weighted by atomic mass is 10.1. The van der Waals surface area contributed by atoms with Crippen LogP contribution < -0.4 is 10.1 Å². The van der Waals surface area contributed by atoms with Crippen LogP contribution in [0.2, 0.25) is 0 Å². The summed E-state index contributed by atoms with van der Waals surface area (Å²) in [7, 11) is 0. The molecule has 0 radical (unpaired) electrons. The number of rotatable bonds is 5. The summed E-state index contributed by atoms with van der Waals surface area (Å²) in [6, 6.07) is 7.50. The highest BCUT2D eigenvalue weighted by atomic mass is 16.5. The molecule has 1 aromatic carbocycles. The number of aliphatic hydroxyl groups is 1. The minimum absolute atomic E-state index is 0.0275. The minimum atomic E-state index is -0.532. The van der Waals surface area contributed by atoms with Crippen LogP contribution in [0.25, 0.3) is 0 Å². The third-order valence-corrected chi connectivity index (χ3v) is 3.43. The SMILES string of the molecule is CC(O)c1cccc(OCC(=O)NC2CCCC2)c1. The molecule has 1 unspecified atom stereocenters. The molecule has 0 spiro atoms. The van der Waals surface area contributed by atoms with E-state index in [1.165, 1.54) is 12.8 Å². The van der Waals surface area contributed by atoms with Crippen LogP contribution in [-0.4, -0.2) is 23.7 Å². The van der Waals surface area contributed by atoms with Crippen LogP contribution in [-0.2, 0) is 4.79 Å². The second-order valence-corrected chi connectivity index (χ2v) is 5.09. The van der Waals surface area contributed by atoms with Crippen LogP contribution in [0.5, 0.6) is 5.75 Å². The van der Waals surface area contributed by atoms with Gasteiger partial charge in [0.2, 0.25) is 0 Å². The third-order valence-electron chi connectivity index (χ3n) is 3.43. The van der Waals surface area contributed by atoms with E-state index in [2.05, 4.69) is 5.32 Å². The Hall–Kier alpha value is -1.55. The maximum atomic E-state index is 11.7. The van der Waals surface area contributed by atoms with Gasteiger partial charge < -0.3 is 15.2 Å². The second-order valence-electron chi connectivity index (χ2n) is 5.09. The van der Waals surface area contributed by atoms with Crippen molar-refractivity contribution in [1.29, 1.82) is 0 Å². The lowest BCUT2D eigenvalue weighted by molar-refractivity contribution is -0.123. The smallest absolute Gasteiger partial charge is 0.258 e. The first-order chi connectivity index (χ1) is 9.15. The van der Waals surface area contributed by atoms with Gasteiger partial charge in [0.25, 0.3) is 5.91 Å². The van der Waals surface area contributed by atoms with E-state index in [0.29, 0.717) is 11.8 Å².